The number of rotatable bonds is 3. The lowest BCUT2D eigenvalue weighted by Gasteiger charge is -2.16. The minimum absolute atomic E-state index is 0.262. The smallest absolute Gasteiger partial charge is 0.404 e. The Hall–Kier alpha value is -3.34. The molecule has 1 aliphatic heterocycles. The molecule has 0 aliphatic carbocycles. The largest absolute Gasteiger partial charge is 0.494 e. The zero-order valence-electron chi connectivity index (χ0n) is 18.3. The van der Waals surface area contributed by atoms with Gasteiger partial charge in [-0.3, -0.25) is 0 Å². The van der Waals surface area contributed by atoms with Crippen LogP contribution in [0.25, 0.3) is 38.6 Å². The summed E-state index contributed by atoms with van der Waals surface area (Å²) in [4.78, 5) is 0. The van der Waals surface area contributed by atoms with Crippen LogP contribution in [0.1, 0.15) is 13.8 Å². The first-order valence-corrected chi connectivity index (χ1v) is 11.1. The minimum atomic E-state index is -0.328. The molecular weight excluding hydrogens is 393 g/mol. The monoisotopic (exact) mass is 417 g/mol. The normalized spacial score (nSPS) is 15.6. The van der Waals surface area contributed by atoms with Crippen LogP contribution < -0.4 is 5.46 Å². The topological polar surface area (TPSA) is 23.4 Å². The van der Waals surface area contributed by atoms with Crippen LogP contribution in [-0.2, 0) is 9.31 Å². The third-order valence-electron chi connectivity index (χ3n) is 6.20. The van der Waals surface area contributed by atoms with E-state index in [0.29, 0.717) is 6.61 Å². The number of fused-ring (bicyclic) bond motifs is 3. The standard InChI is InChI=1S/C28H24BNO2/c1-28(2)19-31-29(32-28)21-11-9-10-20(18-21)22-12-3-6-15-25(22)30-26-16-7-4-13-23(26)24-14-5-8-17-27(24)30/h3-18H,19H2,1-2H3. The molecule has 0 spiro atoms. The molecule has 1 aromatic heterocycles. The maximum Gasteiger partial charge on any atom is 0.494 e. The Labute approximate surface area is 188 Å². The highest BCUT2D eigenvalue weighted by Gasteiger charge is 2.38. The van der Waals surface area contributed by atoms with E-state index in [0.717, 1.165) is 16.7 Å². The van der Waals surface area contributed by atoms with Crippen molar-refractivity contribution in [1.82, 2.24) is 4.57 Å². The molecular formula is C28H24BNO2. The second kappa shape index (κ2) is 7.37. The van der Waals surface area contributed by atoms with E-state index in [1.165, 1.54) is 27.4 Å². The van der Waals surface area contributed by atoms with Crippen LogP contribution in [0, 0.1) is 0 Å². The summed E-state index contributed by atoms with van der Waals surface area (Å²) in [5.41, 5.74) is 6.69. The summed E-state index contributed by atoms with van der Waals surface area (Å²) >= 11 is 0. The zero-order valence-corrected chi connectivity index (χ0v) is 18.3. The van der Waals surface area contributed by atoms with Crippen LogP contribution in [-0.4, -0.2) is 23.9 Å². The lowest BCUT2D eigenvalue weighted by molar-refractivity contribution is 0.137. The van der Waals surface area contributed by atoms with Gasteiger partial charge in [-0.2, -0.15) is 0 Å². The van der Waals surface area contributed by atoms with Crippen molar-refractivity contribution in [3.8, 4) is 16.8 Å². The Morgan fingerprint density at radius 3 is 2.09 bits per heavy atom. The second-order valence-electron chi connectivity index (χ2n) is 9.03. The maximum absolute atomic E-state index is 6.12. The van der Waals surface area contributed by atoms with Crippen molar-refractivity contribution in [2.75, 3.05) is 6.61 Å². The molecule has 2 heterocycles. The highest BCUT2D eigenvalue weighted by atomic mass is 16.7. The van der Waals surface area contributed by atoms with Gasteiger partial charge >= 0.3 is 7.12 Å². The van der Waals surface area contributed by atoms with Gasteiger partial charge in [-0.1, -0.05) is 78.9 Å². The average Bonchev–Trinajstić information content (AvgIpc) is 3.36. The average molecular weight is 417 g/mol. The van der Waals surface area contributed by atoms with Crippen molar-refractivity contribution in [2.45, 2.75) is 19.4 Å². The van der Waals surface area contributed by atoms with Crippen molar-refractivity contribution in [2.24, 2.45) is 0 Å². The van der Waals surface area contributed by atoms with Crippen molar-refractivity contribution >= 4 is 34.4 Å². The molecule has 32 heavy (non-hydrogen) atoms. The molecule has 1 fully saturated rings. The molecule has 4 aromatic carbocycles. The van der Waals surface area contributed by atoms with Gasteiger partial charge in [0.05, 0.1) is 28.9 Å². The van der Waals surface area contributed by atoms with Crippen LogP contribution in [0.2, 0.25) is 0 Å². The zero-order chi connectivity index (χ0) is 21.7. The van der Waals surface area contributed by atoms with Crippen LogP contribution in [0.5, 0.6) is 0 Å². The van der Waals surface area contributed by atoms with E-state index in [-0.39, 0.29) is 12.7 Å². The van der Waals surface area contributed by atoms with Gasteiger partial charge in [0.25, 0.3) is 0 Å². The van der Waals surface area contributed by atoms with E-state index >= 15 is 0 Å². The summed E-state index contributed by atoms with van der Waals surface area (Å²) in [7, 11) is -0.328. The molecule has 0 N–H and O–H groups in total. The number of benzene rings is 4. The number of hydrogen-bond acceptors (Lipinski definition) is 2. The van der Waals surface area contributed by atoms with E-state index in [1.54, 1.807) is 0 Å². The number of hydrogen-bond donors (Lipinski definition) is 0. The predicted molar refractivity (Wildman–Crippen MR) is 133 cm³/mol. The third-order valence-corrected chi connectivity index (χ3v) is 6.20. The molecule has 0 unspecified atom stereocenters. The summed E-state index contributed by atoms with van der Waals surface area (Å²) in [5.74, 6) is 0. The first-order valence-electron chi connectivity index (χ1n) is 11.1. The summed E-state index contributed by atoms with van der Waals surface area (Å²) in [6, 6.07) is 34.4. The van der Waals surface area contributed by atoms with E-state index in [9.17, 15) is 0 Å². The van der Waals surface area contributed by atoms with Crippen LogP contribution in [0.4, 0.5) is 0 Å². The summed E-state index contributed by atoms with van der Waals surface area (Å²) in [5, 5.41) is 2.53. The molecule has 4 heteroatoms. The Morgan fingerprint density at radius 2 is 1.41 bits per heavy atom. The van der Waals surface area contributed by atoms with Gasteiger partial charge in [-0.25, -0.2) is 0 Å². The fraction of sp³-hybridized carbons (Fsp3) is 0.143. The summed E-state index contributed by atoms with van der Waals surface area (Å²) < 4.78 is 14.4. The Bertz CT molecular complexity index is 1400. The van der Waals surface area contributed by atoms with Crippen LogP contribution >= 0.6 is 0 Å². The molecule has 6 rings (SSSR count). The van der Waals surface area contributed by atoms with Gasteiger partial charge < -0.3 is 13.9 Å². The molecule has 3 nitrogen and oxygen atoms in total. The molecule has 0 atom stereocenters. The molecule has 1 saturated heterocycles. The Kier molecular flexibility index (Phi) is 4.46. The number of aromatic nitrogens is 1. The quantitative estimate of drug-likeness (QED) is 0.338. The fourth-order valence-corrected chi connectivity index (χ4v) is 4.75. The molecule has 1 aliphatic rings. The van der Waals surface area contributed by atoms with Gasteiger partial charge in [0.2, 0.25) is 0 Å². The molecule has 0 saturated carbocycles. The predicted octanol–water partition coefficient (Wildman–Crippen LogP) is 5.97. The van der Waals surface area contributed by atoms with Gasteiger partial charge in [0, 0.05) is 16.3 Å². The maximum atomic E-state index is 6.12. The second-order valence-corrected chi connectivity index (χ2v) is 9.03. The SMILES string of the molecule is CC1(C)COB(c2cccc(-c3ccccc3-n3c4ccccc4c4ccccc43)c2)O1. The van der Waals surface area contributed by atoms with E-state index < -0.39 is 0 Å². The van der Waals surface area contributed by atoms with Gasteiger partial charge in [0.1, 0.15) is 0 Å². The van der Waals surface area contributed by atoms with Gasteiger partial charge in [-0.05, 0) is 43.1 Å². The van der Waals surface area contributed by atoms with E-state index in [1.807, 2.05) is 0 Å². The first kappa shape index (κ1) is 19.4. The number of nitrogens with zero attached hydrogens (tertiary/aromatic N) is 1. The van der Waals surface area contributed by atoms with Gasteiger partial charge in [-0.15, -0.1) is 0 Å². The first-order chi connectivity index (χ1) is 15.6. The fourth-order valence-electron chi connectivity index (χ4n) is 4.75. The lowest BCUT2D eigenvalue weighted by atomic mass is 9.78. The van der Waals surface area contributed by atoms with E-state index in [4.69, 9.17) is 9.31 Å². The number of para-hydroxylation sites is 3. The molecule has 0 radical (unpaired) electrons. The minimum Gasteiger partial charge on any atom is -0.404 e. The molecule has 5 aromatic rings. The lowest BCUT2D eigenvalue weighted by Crippen LogP contribution is -2.34. The van der Waals surface area contributed by atoms with Crippen molar-refractivity contribution in [1.29, 1.82) is 0 Å². The highest BCUT2D eigenvalue weighted by molar-refractivity contribution is 6.62. The third kappa shape index (κ3) is 3.15. The van der Waals surface area contributed by atoms with Crippen molar-refractivity contribution < 1.29 is 9.31 Å². The Morgan fingerprint density at radius 1 is 0.750 bits per heavy atom. The van der Waals surface area contributed by atoms with E-state index in [2.05, 4.69) is 115 Å². The van der Waals surface area contributed by atoms with Crippen molar-refractivity contribution in [3.63, 3.8) is 0 Å². The molecule has 156 valence electrons. The van der Waals surface area contributed by atoms with Crippen molar-refractivity contribution in [3.05, 3.63) is 97.1 Å². The van der Waals surface area contributed by atoms with Crippen LogP contribution in [0.3, 0.4) is 0 Å². The molecule has 0 amide bonds. The Balaban J connectivity index is 1.54. The van der Waals surface area contributed by atoms with Crippen LogP contribution in [0.15, 0.2) is 97.1 Å². The van der Waals surface area contributed by atoms with Gasteiger partial charge in [0.15, 0.2) is 0 Å². The summed E-state index contributed by atoms with van der Waals surface area (Å²) in [6.45, 7) is 4.72. The highest BCUT2D eigenvalue weighted by Crippen LogP contribution is 2.35. The molecule has 0 bridgehead atoms. The summed E-state index contributed by atoms with van der Waals surface area (Å²) in [6.07, 6.45) is 0.